The van der Waals surface area contributed by atoms with E-state index in [1.165, 1.54) is 77.0 Å². The maximum atomic E-state index is 12.0. The molecule has 0 aliphatic carbocycles. The minimum atomic E-state index is -3.10. The van der Waals surface area contributed by atoms with Gasteiger partial charge in [0, 0.05) is 11.5 Å². The van der Waals surface area contributed by atoms with Gasteiger partial charge in [-0.25, -0.2) is 8.42 Å². The van der Waals surface area contributed by atoms with Gasteiger partial charge in [0.2, 0.25) is 0 Å². The Morgan fingerprint density at radius 2 is 1.19 bits per heavy atom. The zero-order valence-electron chi connectivity index (χ0n) is 17.5. The van der Waals surface area contributed by atoms with E-state index in [1.807, 2.05) is 6.08 Å². The van der Waals surface area contributed by atoms with Gasteiger partial charge in [-0.1, -0.05) is 90.0 Å². The summed E-state index contributed by atoms with van der Waals surface area (Å²) < 4.78 is 24.0. The van der Waals surface area contributed by atoms with Crippen LogP contribution in [0.1, 0.15) is 117 Å². The van der Waals surface area contributed by atoms with Gasteiger partial charge in [-0.15, -0.1) is 0 Å². The largest absolute Gasteiger partial charge is 0.396 e. The summed E-state index contributed by atoms with van der Waals surface area (Å²) in [5.41, 5.74) is 0. The van der Waals surface area contributed by atoms with Crippen LogP contribution in [0.25, 0.3) is 0 Å². The van der Waals surface area contributed by atoms with Crippen molar-refractivity contribution in [1.82, 2.24) is 0 Å². The lowest BCUT2D eigenvalue weighted by Crippen LogP contribution is -2.07. The Labute approximate surface area is 163 Å². The van der Waals surface area contributed by atoms with Crippen LogP contribution in [0.3, 0.4) is 0 Å². The fraction of sp³-hybridized carbons (Fsp3) is 0.909. The van der Waals surface area contributed by atoms with E-state index in [0.717, 1.165) is 12.8 Å². The molecule has 0 rings (SSSR count). The van der Waals surface area contributed by atoms with E-state index in [0.29, 0.717) is 17.7 Å². The Kier molecular flexibility index (Phi) is 17.8. The van der Waals surface area contributed by atoms with Gasteiger partial charge in [0.05, 0.1) is 5.75 Å². The van der Waals surface area contributed by atoms with Gasteiger partial charge in [-0.3, -0.25) is 0 Å². The van der Waals surface area contributed by atoms with Crippen LogP contribution in [0.5, 0.6) is 0 Å². The van der Waals surface area contributed by atoms with Gasteiger partial charge in [0.1, 0.15) is 0 Å². The Bertz CT molecular complexity index is 427. The van der Waals surface area contributed by atoms with Gasteiger partial charge < -0.3 is 5.11 Å². The highest BCUT2D eigenvalue weighted by Gasteiger charge is 2.12. The summed E-state index contributed by atoms with van der Waals surface area (Å²) in [5, 5.41) is 8.74. The summed E-state index contributed by atoms with van der Waals surface area (Å²) >= 11 is 0. The predicted octanol–water partition coefficient (Wildman–Crippen LogP) is 6.56. The quantitative estimate of drug-likeness (QED) is 0.255. The fourth-order valence-corrected chi connectivity index (χ4v) is 4.44. The first-order chi connectivity index (χ1) is 12.5. The molecule has 0 heterocycles. The molecular weight excluding hydrogens is 344 g/mol. The molecule has 0 aromatic heterocycles. The van der Waals surface area contributed by atoms with Crippen LogP contribution >= 0.6 is 0 Å². The average Bonchev–Trinajstić information content (AvgIpc) is 2.62. The fourth-order valence-electron chi connectivity index (χ4n) is 3.16. The second-order valence-corrected chi connectivity index (χ2v) is 9.88. The summed E-state index contributed by atoms with van der Waals surface area (Å²) in [7, 11) is -3.10. The van der Waals surface area contributed by atoms with Crippen LogP contribution in [0.15, 0.2) is 11.0 Å². The maximum Gasteiger partial charge on any atom is 0.173 e. The standard InChI is InChI=1S/C22H44O3S/c1-3-4-5-6-7-8-9-10-11-12-13-14-15-16-19-22(2)26(24,25)21-18-17-20-23/h19,23H,3-18,20-21H2,1-2H3/b22-19+. The van der Waals surface area contributed by atoms with Crippen molar-refractivity contribution in [2.45, 2.75) is 117 Å². The Balaban J connectivity index is 3.49. The van der Waals surface area contributed by atoms with Crippen molar-refractivity contribution in [3.05, 3.63) is 11.0 Å². The van der Waals surface area contributed by atoms with Crippen LogP contribution in [0.2, 0.25) is 0 Å². The molecule has 0 aliphatic rings. The lowest BCUT2D eigenvalue weighted by Gasteiger charge is -2.05. The minimum Gasteiger partial charge on any atom is -0.396 e. The van der Waals surface area contributed by atoms with E-state index in [-0.39, 0.29) is 12.4 Å². The minimum absolute atomic E-state index is 0.0667. The lowest BCUT2D eigenvalue weighted by atomic mass is 10.0. The second kappa shape index (κ2) is 18.0. The molecule has 0 amide bonds. The zero-order valence-corrected chi connectivity index (χ0v) is 18.3. The molecule has 26 heavy (non-hydrogen) atoms. The third-order valence-corrected chi connectivity index (χ3v) is 7.03. The number of aliphatic hydroxyl groups excluding tert-OH is 1. The van der Waals surface area contributed by atoms with E-state index < -0.39 is 9.84 Å². The third kappa shape index (κ3) is 15.9. The van der Waals surface area contributed by atoms with Crippen LogP contribution in [0, 0.1) is 0 Å². The molecule has 0 spiro atoms. The highest BCUT2D eigenvalue weighted by Crippen LogP contribution is 2.15. The first kappa shape index (κ1) is 25.6. The van der Waals surface area contributed by atoms with E-state index in [4.69, 9.17) is 5.11 Å². The van der Waals surface area contributed by atoms with Crippen LogP contribution in [-0.4, -0.2) is 25.9 Å². The first-order valence-electron chi connectivity index (χ1n) is 11.0. The third-order valence-electron chi connectivity index (χ3n) is 5.05. The number of hydrogen-bond acceptors (Lipinski definition) is 3. The number of allylic oxidation sites excluding steroid dienone is 2. The second-order valence-electron chi connectivity index (χ2n) is 7.60. The molecule has 0 aromatic carbocycles. The molecule has 4 heteroatoms. The molecule has 0 saturated carbocycles. The van der Waals surface area contributed by atoms with Crippen LogP contribution in [-0.2, 0) is 9.84 Å². The van der Waals surface area contributed by atoms with Crippen LogP contribution in [0.4, 0.5) is 0 Å². The SMILES string of the molecule is CCCCCCCCCCCCCCC/C=C(\C)S(=O)(=O)CCCCO. The predicted molar refractivity (Wildman–Crippen MR) is 114 cm³/mol. The molecule has 0 aliphatic heterocycles. The molecule has 0 aromatic rings. The molecule has 0 saturated heterocycles. The van der Waals surface area contributed by atoms with E-state index in [9.17, 15) is 8.42 Å². The Morgan fingerprint density at radius 3 is 1.65 bits per heavy atom. The first-order valence-corrected chi connectivity index (χ1v) is 12.7. The molecule has 1 N–H and O–H groups in total. The number of unbranched alkanes of at least 4 members (excludes halogenated alkanes) is 14. The zero-order chi connectivity index (χ0) is 19.5. The Morgan fingerprint density at radius 1 is 0.731 bits per heavy atom. The monoisotopic (exact) mass is 388 g/mol. The number of hydrogen-bond donors (Lipinski definition) is 1. The van der Waals surface area contributed by atoms with Crippen molar-refractivity contribution >= 4 is 9.84 Å². The average molecular weight is 389 g/mol. The highest BCUT2D eigenvalue weighted by atomic mass is 32.2. The summed E-state index contributed by atoms with van der Waals surface area (Å²) in [6.07, 6.45) is 21.2. The number of aliphatic hydroxyl groups is 1. The molecule has 0 bridgehead atoms. The van der Waals surface area contributed by atoms with Gasteiger partial charge in [-0.2, -0.15) is 0 Å². The summed E-state index contributed by atoms with van der Waals surface area (Å²) in [5.74, 6) is 0.161. The van der Waals surface area contributed by atoms with Crippen molar-refractivity contribution < 1.29 is 13.5 Å². The maximum absolute atomic E-state index is 12.0. The molecule has 0 unspecified atom stereocenters. The van der Waals surface area contributed by atoms with E-state index in [1.54, 1.807) is 6.92 Å². The van der Waals surface area contributed by atoms with Crippen molar-refractivity contribution in [2.75, 3.05) is 12.4 Å². The van der Waals surface area contributed by atoms with E-state index in [2.05, 4.69) is 6.92 Å². The number of sulfone groups is 1. The molecule has 0 atom stereocenters. The normalized spacial score (nSPS) is 12.7. The Hall–Kier alpha value is -0.350. The summed E-state index contributed by atoms with van der Waals surface area (Å²) in [6.45, 7) is 4.04. The van der Waals surface area contributed by atoms with Crippen molar-refractivity contribution in [3.63, 3.8) is 0 Å². The molecular formula is C22H44O3S. The molecule has 156 valence electrons. The van der Waals surface area contributed by atoms with Gasteiger partial charge >= 0.3 is 0 Å². The van der Waals surface area contributed by atoms with Crippen molar-refractivity contribution in [1.29, 1.82) is 0 Å². The van der Waals surface area contributed by atoms with Crippen LogP contribution < -0.4 is 0 Å². The van der Waals surface area contributed by atoms with Gasteiger partial charge in [0.25, 0.3) is 0 Å². The topological polar surface area (TPSA) is 54.4 Å². The summed E-state index contributed by atoms with van der Waals surface area (Å²) in [6, 6.07) is 0. The summed E-state index contributed by atoms with van der Waals surface area (Å²) in [4.78, 5) is 0.509. The van der Waals surface area contributed by atoms with Gasteiger partial charge in [0.15, 0.2) is 9.84 Å². The number of rotatable bonds is 19. The van der Waals surface area contributed by atoms with Crippen molar-refractivity contribution in [3.8, 4) is 0 Å². The molecule has 3 nitrogen and oxygen atoms in total. The smallest absolute Gasteiger partial charge is 0.173 e. The van der Waals surface area contributed by atoms with Gasteiger partial charge in [-0.05, 0) is 32.6 Å². The molecule has 0 fully saturated rings. The highest BCUT2D eigenvalue weighted by molar-refractivity contribution is 7.95. The molecule has 0 radical (unpaired) electrons. The van der Waals surface area contributed by atoms with E-state index >= 15 is 0 Å². The lowest BCUT2D eigenvalue weighted by molar-refractivity contribution is 0.287. The van der Waals surface area contributed by atoms with Crippen molar-refractivity contribution in [2.24, 2.45) is 0 Å².